The van der Waals surface area contributed by atoms with Crippen molar-refractivity contribution in [2.24, 2.45) is 5.41 Å². The topological polar surface area (TPSA) is 75.2 Å². The fraction of sp³-hybridized carbons (Fsp3) is 0.500. The van der Waals surface area contributed by atoms with E-state index in [1.165, 1.54) is 16.9 Å². The van der Waals surface area contributed by atoms with E-state index in [-0.39, 0.29) is 23.1 Å². The van der Waals surface area contributed by atoms with Crippen molar-refractivity contribution >= 4 is 34.0 Å². The van der Waals surface area contributed by atoms with Crippen LogP contribution in [0.3, 0.4) is 0 Å². The zero-order valence-corrected chi connectivity index (χ0v) is 17.1. The normalized spacial score (nSPS) is 17.4. The Morgan fingerprint density at radius 2 is 2.04 bits per heavy atom. The van der Waals surface area contributed by atoms with Gasteiger partial charge >= 0.3 is 0 Å². The van der Waals surface area contributed by atoms with Gasteiger partial charge in [0.05, 0.1) is 0 Å². The van der Waals surface area contributed by atoms with Gasteiger partial charge in [-0.15, -0.1) is 10.2 Å². The zero-order chi connectivity index (χ0) is 19.6. The molecule has 1 aliphatic rings. The first-order chi connectivity index (χ1) is 12.8. The monoisotopic (exact) mass is 386 g/mol. The van der Waals surface area contributed by atoms with Crippen molar-refractivity contribution in [2.75, 3.05) is 16.8 Å². The van der Waals surface area contributed by atoms with Crippen LogP contribution in [0.1, 0.15) is 57.0 Å². The summed E-state index contributed by atoms with van der Waals surface area (Å²) in [7, 11) is 0. The van der Waals surface area contributed by atoms with Crippen LogP contribution in [0, 0.1) is 5.41 Å². The van der Waals surface area contributed by atoms with Crippen molar-refractivity contribution < 1.29 is 9.59 Å². The molecule has 3 rings (SSSR count). The molecule has 2 amide bonds. The maximum atomic E-state index is 12.6. The second kappa shape index (κ2) is 7.76. The number of hydrogen-bond donors (Lipinski definition) is 1. The summed E-state index contributed by atoms with van der Waals surface area (Å²) in [6.07, 6.45) is 1.72. The molecule has 144 valence electrons. The SMILES string of the molecule is CCc1ccccc1N1C[C@H](c2nnc(NC(=O)CC(C)(C)C)s2)CC1=O. The van der Waals surface area contributed by atoms with Gasteiger partial charge in [-0.05, 0) is 23.5 Å². The Hall–Kier alpha value is -2.28. The van der Waals surface area contributed by atoms with E-state index in [1.54, 1.807) is 0 Å². The lowest BCUT2D eigenvalue weighted by Gasteiger charge is -2.19. The Bertz CT molecular complexity index is 841. The molecule has 7 heteroatoms. The van der Waals surface area contributed by atoms with Gasteiger partial charge in [-0.1, -0.05) is 57.2 Å². The van der Waals surface area contributed by atoms with Crippen molar-refractivity contribution in [2.45, 2.75) is 52.9 Å². The molecule has 1 aliphatic heterocycles. The first kappa shape index (κ1) is 19.5. The number of rotatable bonds is 5. The Morgan fingerprint density at radius 3 is 2.74 bits per heavy atom. The van der Waals surface area contributed by atoms with Crippen molar-refractivity contribution in [1.29, 1.82) is 0 Å². The number of aromatic nitrogens is 2. The Morgan fingerprint density at radius 1 is 1.30 bits per heavy atom. The Labute approximate surface area is 164 Å². The van der Waals surface area contributed by atoms with E-state index in [2.05, 4.69) is 28.5 Å². The number of carbonyl (C=O) groups is 2. The molecule has 1 atom stereocenters. The molecular weight excluding hydrogens is 360 g/mol. The van der Waals surface area contributed by atoms with Crippen molar-refractivity contribution in [3.63, 3.8) is 0 Å². The highest BCUT2D eigenvalue weighted by atomic mass is 32.1. The summed E-state index contributed by atoms with van der Waals surface area (Å²) in [5, 5.41) is 12.4. The van der Waals surface area contributed by atoms with Gasteiger partial charge in [0, 0.05) is 31.0 Å². The smallest absolute Gasteiger partial charge is 0.227 e. The fourth-order valence-corrected chi connectivity index (χ4v) is 4.12. The first-order valence-corrected chi connectivity index (χ1v) is 10.1. The van der Waals surface area contributed by atoms with Crippen molar-refractivity contribution in [1.82, 2.24) is 10.2 Å². The maximum absolute atomic E-state index is 12.6. The predicted molar refractivity (Wildman–Crippen MR) is 108 cm³/mol. The van der Waals surface area contributed by atoms with E-state index in [4.69, 9.17) is 0 Å². The number of aryl methyl sites for hydroxylation is 1. The van der Waals surface area contributed by atoms with Crippen LogP contribution in [0.25, 0.3) is 0 Å². The molecule has 0 unspecified atom stereocenters. The molecule has 1 fully saturated rings. The van der Waals surface area contributed by atoms with E-state index >= 15 is 0 Å². The van der Waals surface area contributed by atoms with Gasteiger partial charge < -0.3 is 10.2 Å². The van der Waals surface area contributed by atoms with E-state index in [1.807, 2.05) is 43.9 Å². The molecule has 0 aliphatic carbocycles. The van der Waals surface area contributed by atoms with Gasteiger partial charge in [0.1, 0.15) is 5.01 Å². The summed E-state index contributed by atoms with van der Waals surface area (Å²) in [4.78, 5) is 26.5. The van der Waals surface area contributed by atoms with Gasteiger partial charge in [-0.3, -0.25) is 9.59 Å². The molecule has 1 aromatic carbocycles. The second-order valence-electron chi connectivity index (χ2n) is 8.12. The minimum absolute atomic E-state index is 0.00757. The fourth-order valence-electron chi connectivity index (χ4n) is 3.27. The number of amides is 2. The lowest BCUT2D eigenvalue weighted by Crippen LogP contribution is -2.25. The highest BCUT2D eigenvalue weighted by Crippen LogP contribution is 2.35. The quantitative estimate of drug-likeness (QED) is 0.843. The van der Waals surface area contributed by atoms with Crippen LogP contribution in [0.4, 0.5) is 10.8 Å². The number of nitrogens with one attached hydrogen (secondary N) is 1. The van der Waals surface area contributed by atoms with Crippen LogP contribution >= 0.6 is 11.3 Å². The minimum Gasteiger partial charge on any atom is -0.311 e. The summed E-state index contributed by atoms with van der Waals surface area (Å²) in [6.45, 7) is 8.75. The van der Waals surface area contributed by atoms with Gasteiger partial charge in [0.25, 0.3) is 0 Å². The van der Waals surface area contributed by atoms with Crippen LogP contribution in [0.15, 0.2) is 24.3 Å². The molecule has 6 nitrogen and oxygen atoms in total. The molecule has 1 N–H and O–H groups in total. The molecule has 1 saturated heterocycles. The molecule has 1 aromatic heterocycles. The largest absolute Gasteiger partial charge is 0.311 e. The third kappa shape index (κ3) is 4.71. The van der Waals surface area contributed by atoms with E-state index < -0.39 is 0 Å². The van der Waals surface area contributed by atoms with Crippen LogP contribution in [-0.4, -0.2) is 28.6 Å². The van der Waals surface area contributed by atoms with Crippen LogP contribution in [-0.2, 0) is 16.0 Å². The number of carbonyl (C=O) groups excluding carboxylic acids is 2. The third-order valence-corrected chi connectivity index (χ3v) is 5.52. The van der Waals surface area contributed by atoms with Gasteiger partial charge in [-0.2, -0.15) is 0 Å². The number of hydrogen-bond acceptors (Lipinski definition) is 5. The Kier molecular flexibility index (Phi) is 5.60. The van der Waals surface area contributed by atoms with Crippen LogP contribution < -0.4 is 10.2 Å². The van der Waals surface area contributed by atoms with E-state index in [9.17, 15) is 9.59 Å². The number of benzene rings is 1. The summed E-state index contributed by atoms with van der Waals surface area (Å²) < 4.78 is 0. The van der Waals surface area contributed by atoms with Gasteiger partial charge in [-0.25, -0.2) is 0 Å². The molecule has 0 radical (unpaired) electrons. The molecule has 2 aromatic rings. The van der Waals surface area contributed by atoms with Gasteiger partial charge in [0.2, 0.25) is 16.9 Å². The third-order valence-electron chi connectivity index (χ3n) is 4.52. The molecule has 0 saturated carbocycles. The average Bonchev–Trinajstić information content (AvgIpc) is 3.19. The predicted octanol–water partition coefficient (Wildman–Crippen LogP) is 4.00. The highest BCUT2D eigenvalue weighted by Gasteiger charge is 2.34. The summed E-state index contributed by atoms with van der Waals surface area (Å²) in [6, 6.07) is 8.02. The lowest BCUT2D eigenvalue weighted by atomic mass is 9.92. The van der Waals surface area contributed by atoms with Crippen LogP contribution in [0.5, 0.6) is 0 Å². The summed E-state index contributed by atoms with van der Waals surface area (Å²) in [5.74, 6) is 0.0498. The lowest BCUT2D eigenvalue weighted by molar-refractivity contribution is -0.118. The molecule has 0 spiro atoms. The van der Waals surface area contributed by atoms with E-state index in [0.29, 0.717) is 24.5 Å². The second-order valence-corrected chi connectivity index (χ2v) is 9.13. The minimum atomic E-state index is -0.0807. The molecule has 0 bridgehead atoms. The zero-order valence-electron chi connectivity index (χ0n) is 16.3. The highest BCUT2D eigenvalue weighted by molar-refractivity contribution is 7.15. The number of nitrogens with zero attached hydrogens (tertiary/aromatic N) is 3. The molecule has 2 heterocycles. The Balaban J connectivity index is 1.69. The van der Waals surface area contributed by atoms with Crippen molar-refractivity contribution in [3.8, 4) is 0 Å². The molecule has 27 heavy (non-hydrogen) atoms. The number of para-hydroxylation sites is 1. The first-order valence-electron chi connectivity index (χ1n) is 9.28. The standard InChI is InChI=1S/C20H26N4O2S/c1-5-13-8-6-7-9-15(13)24-12-14(10-17(24)26)18-22-23-19(27-18)21-16(25)11-20(2,3)4/h6-9,14H,5,10-12H2,1-4H3,(H,21,23,25)/t14-/m1/s1. The maximum Gasteiger partial charge on any atom is 0.227 e. The number of anilines is 2. The summed E-state index contributed by atoms with van der Waals surface area (Å²) in [5.41, 5.74) is 2.07. The average molecular weight is 387 g/mol. The summed E-state index contributed by atoms with van der Waals surface area (Å²) >= 11 is 1.36. The van der Waals surface area contributed by atoms with Crippen LogP contribution in [0.2, 0.25) is 0 Å². The molecular formula is C20H26N4O2S. The van der Waals surface area contributed by atoms with E-state index in [0.717, 1.165) is 17.1 Å². The van der Waals surface area contributed by atoms with Gasteiger partial charge in [0.15, 0.2) is 0 Å². The van der Waals surface area contributed by atoms with Crippen molar-refractivity contribution in [3.05, 3.63) is 34.8 Å².